The largest absolute Gasteiger partial charge is 0.491 e. The molecule has 0 aliphatic heterocycles. The van der Waals surface area contributed by atoms with Gasteiger partial charge in [-0.2, -0.15) is 0 Å². The first-order valence-electron chi connectivity index (χ1n) is 14.8. The van der Waals surface area contributed by atoms with E-state index < -0.39 is 0 Å². The Bertz CT molecular complexity index is 1480. The van der Waals surface area contributed by atoms with E-state index in [1.807, 2.05) is 78.9 Å². The molecule has 4 N–H and O–H groups in total. The molecule has 4 aromatic rings. The quantitative estimate of drug-likeness (QED) is 0.140. The fourth-order valence-corrected chi connectivity index (χ4v) is 4.19. The molecule has 43 heavy (non-hydrogen) atoms. The highest BCUT2D eigenvalue weighted by Crippen LogP contribution is 2.32. The zero-order valence-corrected chi connectivity index (χ0v) is 26.8. The molecule has 0 aliphatic rings. The van der Waals surface area contributed by atoms with Crippen molar-refractivity contribution in [2.75, 3.05) is 25.5 Å². The van der Waals surface area contributed by atoms with Crippen LogP contribution >= 0.6 is 0 Å². The van der Waals surface area contributed by atoms with Crippen molar-refractivity contribution in [3.05, 3.63) is 82.9 Å². The van der Waals surface area contributed by atoms with Crippen LogP contribution in [-0.4, -0.2) is 36.1 Å². The number of nitrogens with two attached hydrogens (primary N) is 1. The highest BCUT2D eigenvalue weighted by molar-refractivity contribution is 6.02. The smallest absolute Gasteiger partial charge is 0.251 e. The van der Waals surface area contributed by atoms with E-state index in [4.69, 9.17) is 14.7 Å². The molecule has 0 aliphatic carbocycles. The molecule has 2 heterocycles. The van der Waals surface area contributed by atoms with Crippen LogP contribution in [0.2, 0.25) is 0 Å². The second kappa shape index (κ2) is 19.5. The van der Waals surface area contributed by atoms with Crippen LogP contribution in [0.5, 0.6) is 5.75 Å². The van der Waals surface area contributed by atoms with Crippen LogP contribution in [0.3, 0.4) is 0 Å². The summed E-state index contributed by atoms with van der Waals surface area (Å²) in [6, 6.07) is 17.6. The van der Waals surface area contributed by atoms with Crippen LogP contribution < -0.4 is 21.1 Å². The summed E-state index contributed by atoms with van der Waals surface area (Å²) in [5.74, 6) is 0.228. The Hall–Kier alpha value is -4.64. The van der Waals surface area contributed by atoms with E-state index >= 15 is 0 Å². The Kier molecular flexibility index (Phi) is 16.5. The van der Waals surface area contributed by atoms with Crippen molar-refractivity contribution in [2.24, 2.45) is 5.73 Å². The molecule has 4 rings (SSSR count). The van der Waals surface area contributed by atoms with Gasteiger partial charge in [-0.05, 0) is 80.4 Å². The number of anilines is 1. The van der Waals surface area contributed by atoms with Crippen LogP contribution in [0.25, 0.3) is 22.2 Å². The number of aryl methyl sites for hydroxylation is 2. The summed E-state index contributed by atoms with van der Waals surface area (Å²) >= 11 is 0. The van der Waals surface area contributed by atoms with Crippen molar-refractivity contribution in [2.45, 2.75) is 61.3 Å². The summed E-state index contributed by atoms with van der Waals surface area (Å²) in [5, 5.41) is 7.08. The van der Waals surface area contributed by atoms with Crippen molar-refractivity contribution in [3.63, 3.8) is 0 Å². The number of nitrogens with one attached hydrogen (secondary N) is 2. The highest BCUT2D eigenvalue weighted by atomic mass is 19.1. The standard InChI is InChI=1S/C29H31FN4O2.C2H3N.2C2H6/c1-5-23-12-9-20-16-21(17-25(31-4)26(20)33-23)29(35)32-14-13-24-15-18(3)28(36-6-2)27(34-24)19-7-10-22(30)11-8-19;1-2-3;2*1-2/h7-12,15-17,31H,5-6,13-14H2,1-4H3,(H,32,35);1H,3H2;2*1-2H3. The third-order valence-electron chi connectivity index (χ3n) is 6.03. The minimum atomic E-state index is -0.302. The number of nitrogens with zero attached hydrogens (tertiary/aromatic N) is 2. The van der Waals surface area contributed by atoms with Gasteiger partial charge in [-0.25, -0.2) is 9.37 Å². The minimum Gasteiger partial charge on any atom is -0.491 e. The van der Waals surface area contributed by atoms with Crippen LogP contribution in [-0.2, 0) is 12.8 Å². The van der Waals surface area contributed by atoms with Crippen LogP contribution in [0.15, 0.2) is 54.6 Å². The predicted molar refractivity (Wildman–Crippen MR) is 178 cm³/mol. The van der Waals surface area contributed by atoms with Gasteiger partial charge in [0.2, 0.25) is 0 Å². The van der Waals surface area contributed by atoms with Gasteiger partial charge in [0.1, 0.15) is 17.3 Å². The van der Waals surface area contributed by atoms with Gasteiger partial charge in [-0.1, -0.05) is 47.1 Å². The summed E-state index contributed by atoms with van der Waals surface area (Å²) in [5.41, 5.74) is 10.8. The Labute approximate surface area is 256 Å². The average Bonchev–Trinajstić information content (AvgIpc) is 3.04. The average molecular weight is 588 g/mol. The van der Waals surface area contributed by atoms with Crippen molar-refractivity contribution in [1.82, 2.24) is 15.3 Å². The molecule has 0 spiro atoms. The molecule has 1 amide bonds. The first-order valence-corrected chi connectivity index (χ1v) is 14.8. The third kappa shape index (κ3) is 10.3. The predicted octanol–water partition coefficient (Wildman–Crippen LogP) is 7.31. The summed E-state index contributed by atoms with van der Waals surface area (Å²) in [4.78, 5) is 22.5. The van der Waals surface area contributed by atoms with Gasteiger partial charge >= 0.3 is 0 Å². The number of benzene rings is 2. The number of carbonyl (C=O) groups is 1. The summed E-state index contributed by atoms with van der Waals surface area (Å²) in [6.45, 7) is 14.9. The van der Waals surface area contributed by atoms with E-state index in [-0.39, 0.29) is 11.7 Å². The monoisotopic (exact) mass is 587 g/mol. The van der Waals surface area contributed by atoms with E-state index in [2.05, 4.69) is 29.7 Å². The maximum atomic E-state index is 13.5. The van der Waals surface area contributed by atoms with Crippen LogP contribution in [0.4, 0.5) is 10.1 Å². The molecule has 0 bridgehead atoms. The molecule has 0 atom stereocenters. The molecular weight excluding hydrogens is 541 g/mol. The topological polar surface area (TPSA) is 102 Å². The molecule has 2 aromatic heterocycles. The third-order valence-corrected chi connectivity index (χ3v) is 6.03. The second-order valence-corrected chi connectivity index (χ2v) is 8.72. The number of halogens is 1. The van der Waals surface area contributed by atoms with Gasteiger partial charge in [0.05, 0.1) is 17.8 Å². The van der Waals surface area contributed by atoms with Gasteiger partial charge in [-0.15, -0.1) is 0 Å². The molecule has 7 nitrogen and oxygen atoms in total. The normalized spacial score (nSPS) is 9.58. The molecule has 0 radical (unpaired) electrons. The second-order valence-electron chi connectivity index (χ2n) is 8.72. The van der Waals surface area contributed by atoms with E-state index in [0.29, 0.717) is 36.6 Å². The number of rotatable bonds is 9. The number of carbonyl (C=O) groups excluding carboxylic acids is 1. The Morgan fingerprint density at radius 2 is 1.65 bits per heavy atom. The van der Waals surface area contributed by atoms with Crippen molar-refractivity contribution < 1.29 is 13.9 Å². The first kappa shape index (κ1) is 36.4. The summed E-state index contributed by atoms with van der Waals surface area (Å²) in [7, 11) is 1.83. The summed E-state index contributed by atoms with van der Waals surface area (Å²) < 4.78 is 19.3. The lowest BCUT2D eigenvalue weighted by Gasteiger charge is -2.15. The number of pyridine rings is 2. The fourth-order valence-electron chi connectivity index (χ4n) is 4.19. The Balaban J connectivity index is 0.00000122. The number of terminal acetylenes is 1. The maximum absolute atomic E-state index is 13.5. The van der Waals surface area contributed by atoms with Gasteiger partial charge in [-0.3, -0.25) is 9.78 Å². The summed E-state index contributed by atoms with van der Waals surface area (Å²) in [6.07, 6.45) is 5.77. The van der Waals surface area contributed by atoms with E-state index in [0.717, 1.165) is 45.5 Å². The number of hydrogen-bond donors (Lipinski definition) is 3. The zero-order valence-electron chi connectivity index (χ0n) is 26.8. The number of ether oxygens (including phenoxy) is 1. The Morgan fingerprint density at radius 1 is 1.00 bits per heavy atom. The molecule has 0 saturated carbocycles. The van der Waals surface area contributed by atoms with Gasteiger partial charge in [0, 0.05) is 47.9 Å². The number of fused-ring (bicyclic) bond motifs is 1. The molecule has 230 valence electrons. The Morgan fingerprint density at radius 3 is 2.23 bits per heavy atom. The fraction of sp³-hybridized carbons (Fsp3) is 0.343. The molecular formula is C35H46FN5O2. The number of hydrogen-bond acceptors (Lipinski definition) is 6. The zero-order chi connectivity index (χ0) is 32.4. The lowest BCUT2D eigenvalue weighted by molar-refractivity contribution is 0.0954. The van der Waals surface area contributed by atoms with Gasteiger partial charge in [0.25, 0.3) is 5.91 Å². The van der Waals surface area contributed by atoms with Crippen LogP contribution in [0, 0.1) is 25.2 Å². The van der Waals surface area contributed by atoms with Crippen molar-refractivity contribution >= 4 is 22.5 Å². The van der Waals surface area contributed by atoms with Gasteiger partial charge in [0.15, 0.2) is 0 Å². The minimum absolute atomic E-state index is 0.158. The van der Waals surface area contributed by atoms with Crippen molar-refractivity contribution in [1.29, 1.82) is 0 Å². The van der Waals surface area contributed by atoms with Crippen molar-refractivity contribution in [3.8, 4) is 29.5 Å². The lowest BCUT2D eigenvalue weighted by atomic mass is 10.1. The maximum Gasteiger partial charge on any atom is 0.251 e. The SMILES string of the molecule is C#CN.CC.CC.CCOc1c(C)cc(CCNC(=O)c2cc(NC)c3nc(CC)ccc3c2)nc1-c1ccc(F)cc1. The number of amides is 1. The van der Waals surface area contributed by atoms with E-state index in [9.17, 15) is 9.18 Å². The van der Waals surface area contributed by atoms with E-state index in [1.165, 1.54) is 12.1 Å². The first-order chi connectivity index (χ1) is 20.8. The molecule has 2 aromatic carbocycles. The lowest BCUT2D eigenvalue weighted by Crippen LogP contribution is -2.26. The number of aromatic nitrogens is 2. The molecule has 0 unspecified atom stereocenters. The molecule has 0 saturated heterocycles. The molecule has 0 fully saturated rings. The van der Waals surface area contributed by atoms with Gasteiger partial charge < -0.3 is 21.1 Å². The van der Waals surface area contributed by atoms with Crippen LogP contribution in [0.1, 0.15) is 68.9 Å². The van der Waals surface area contributed by atoms with E-state index in [1.54, 1.807) is 18.2 Å². The molecule has 8 heteroatoms. The highest BCUT2D eigenvalue weighted by Gasteiger charge is 2.15.